The Morgan fingerprint density at radius 3 is 2.61 bits per heavy atom. The van der Waals surface area contributed by atoms with Crippen LogP contribution in [0.3, 0.4) is 0 Å². The summed E-state index contributed by atoms with van der Waals surface area (Å²) in [6.07, 6.45) is 8.30. The molecule has 0 radical (unpaired) electrons. The topological polar surface area (TPSA) is 143 Å². The predicted octanol–water partition coefficient (Wildman–Crippen LogP) is 4.98. The van der Waals surface area contributed by atoms with Crippen molar-refractivity contribution in [3.8, 4) is 22.0 Å². The molecule has 4 heterocycles. The first-order valence-corrected chi connectivity index (χ1v) is 15.0. The second kappa shape index (κ2) is 13.9. The number of pyridine rings is 1. The van der Waals surface area contributed by atoms with Crippen molar-refractivity contribution in [3.05, 3.63) is 53.6 Å². The smallest absolute Gasteiger partial charge is 0.306 e. The van der Waals surface area contributed by atoms with E-state index in [1.165, 1.54) is 24.9 Å². The zero-order valence-corrected chi connectivity index (χ0v) is 25.0. The van der Waals surface area contributed by atoms with Gasteiger partial charge in [-0.2, -0.15) is 14.6 Å². The summed E-state index contributed by atoms with van der Waals surface area (Å²) < 4.78 is 41.8. The Kier molecular flexibility index (Phi) is 9.85. The van der Waals surface area contributed by atoms with E-state index in [0.717, 1.165) is 53.8 Å². The Morgan fingerprint density at radius 1 is 1.07 bits per heavy atom. The van der Waals surface area contributed by atoms with Crippen LogP contribution in [0.5, 0.6) is 0 Å². The third-order valence-corrected chi connectivity index (χ3v) is 8.17. The van der Waals surface area contributed by atoms with Crippen LogP contribution in [-0.4, -0.2) is 67.1 Å². The molecule has 5 rings (SSSR count). The number of carbonyl (C=O) groups is 3. The summed E-state index contributed by atoms with van der Waals surface area (Å²) in [7, 11) is 1.24. The number of thiazole rings is 1. The number of rotatable bonds is 11. The van der Waals surface area contributed by atoms with Gasteiger partial charge < -0.3 is 14.8 Å². The third kappa shape index (κ3) is 7.39. The normalized spacial score (nSPS) is 16.5. The molecular weight excluding hydrogens is 596 g/mol. The van der Waals surface area contributed by atoms with Crippen molar-refractivity contribution in [1.29, 1.82) is 0 Å². The number of hydrogen-bond acceptors (Lipinski definition) is 10. The standard InChI is InChI=1S/C29H31F2N7O5S/c1-3-43-19-6-4-17(5-7-19)13-37-15-21(27(36-37)26-20(30)8-9-23(31)35-26)33-28(41)22-16-44-29(34-22)18-12-32-38(14-18)24(39)10-11-25(40)42-2/h8-9,12,14-17,19H,3-7,10-11,13H2,1-2H3,(H,33,41). The Bertz CT molecular complexity index is 1640. The van der Waals surface area contributed by atoms with Gasteiger partial charge in [0.15, 0.2) is 5.82 Å². The Labute approximate surface area is 255 Å². The van der Waals surface area contributed by atoms with E-state index in [1.807, 2.05) is 6.92 Å². The quantitative estimate of drug-likeness (QED) is 0.180. The van der Waals surface area contributed by atoms with Crippen LogP contribution >= 0.6 is 11.3 Å². The molecule has 1 amide bonds. The van der Waals surface area contributed by atoms with Gasteiger partial charge in [-0.3, -0.25) is 19.1 Å². The van der Waals surface area contributed by atoms with E-state index in [2.05, 4.69) is 30.2 Å². The van der Waals surface area contributed by atoms with Crippen LogP contribution in [0.15, 0.2) is 36.1 Å². The van der Waals surface area contributed by atoms with Gasteiger partial charge in [-0.25, -0.2) is 19.0 Å². The number of methoxy groups -OCH3 is 1. The molecule has 0 saturated heterocycles. The molecule has 0 unspecified atom stereocenters. The fourth-order valence-corrected chi connectivity index (χ4v) is 5.81. The van der Waals surface area contributed by atoms with Gasteiger partial charge >= 0.3 is 5.97 Å². The molecule has 1 fully saturated rings. The van der Waals surface area contributed by atoms with Crippen LogP contribution < -0.4 is 5.32 Å². The summed E-state index contributed by atoms with van der Waals surface area (Å²) in [5.74, 6) is -2.85. The lowest BCUT2D eigenvalue weighted by molar-refractivity contribution is -0.140. The van der Waals surface area contributed by atoms with E-state index in [1.54, 1.807) is 10.9 Å². The first-order chi connectivity index (χ1) is 21.2. The molecule has 44 heavy (non-hydrogen) atoms. The van der Waals surface area contributed by atoms with Crippen LogP contribution in [0.4, 0.5) is 14.5 Å². The average molecular weight is 628 g/mol. The summed E-state index contributed by atoms with van der Waals surface area (Å²) in [6.45, 7) is 3.18. The summed E-state index contributed by atoms with van der Waals surface area (Å²) in [5.41, 5.74) is 0.408. The van der Waals surface area contributed by atoms with E-state index < -0.39 is 29.5 Å². The van der Waals surface area contributed by atoms with Crippen LogP contribution in [0, 0.1) is 17.7 Å². The molecule has 0 aliphatic heterocycles. The highest BCUT2D eigenvalue weighted by molar-refractivity contribution is 7.13. The maximum absolute atomic E-state index is 14.8. The molecule has 15 heteroatoms. The highest BCUT2D eigenvalue weighted by atomic mass is 32.1. The lowest BCUT2D eigenvalue weighted by Gasteiger charge is -2.28. The lowest BCUT2D eigenvalue weighted by Crippen LogP contribution is -2.24. The largest absolute Gasteiger partial charge is 0.469 e. The minimum Gasteiger partial charge on any atom is -0.469 e. The summed E-state index contributed by atoms with van der Waals surface area (Å²) in [4.78, 5) is 45.0. The second-order valence-corrected chi connectivity index (χ2v) is 11.2. The van der Waals surface area contributed by atoms with E-state index in [-0.39, 0.29) is 41.7 Å². The number of hydrogen-bond donors (Lipinski definition) is 1. The van der Waals surface area contributed by atoms with Crippen molar-refractivity contribution < 1.29 is 32.6 Å². The third-order valence-electron chi connectivity index (χ3n) is 7.28. The molecule has 4 aromatic rings. The number of anilines is 1. The number of carbonyl (C=O) groups excluding carboxylic acids is 3. The molecule has 1 aliphatic carbocycles. The van der Waals surface area contributed by atoms with Gasteiger partial charge in [-0.1, -0.05) is 0 Å². The Balaban J connectivity index is 1.32. The molecule has 4 aromatic heterocycles. The number of nitrogens with one attached hydrogen (secondary N) is 1. The van der Waals surface area contributed by atoms with E-state index in [9.17, 15) is 23.2 Å². The SMILES string of the molecule is CCOC1CCC(Cn2cc(NC(=O)c3csc(-c4cnn(C(=O)CCC(=O)OC)c4)n3)c(-c3nc(F)ccc3F)n2)CC1. The molecule has 0 atom stereocenters. The van der Waals surface area contributed by atoms with E-state index >= 15 is 0 Å². The van der Waals surface area contributed by atoms with Crippen molar-refractivity contribution in [2.45, 2.75) is 58.1 Å². The highest BCUT2D eigenvalue weighted by Gasteiger charge is 2.25. The lowest BCUT2D eigenvalue weighted by atomic mass is 9.87. The minimum absolute atomic E-state index is 0.000508. The van der Waals surface area contributed by atoms with Crippen molar-refractivity contribution in [1.82, 2.24) is 29.5 Å². The zero-order valence-electron chi connectivity index (χ0n) is 24.2. The monoisotopic (exact) mass is 627 g/mol. The van der Waals surface area contributed by atoms with Gasteiger partial charge in [0.05, 0.1) is 31.5 Å². The summed E-state index contributed by atoms with van der Waals surface area (Å²) >= 11 is 1.16. The van der Waals surface area contributed by atoms with Crippen molar-refractivity contribution in [3.63, 3.8) is 0 Å². The van der Waals surface area contributed by atoms with Crippen LogP contribution in [0.25, 0.3) is 22.0 Å². The fourth-order valence-electron chi connectivity index (χ4n) is 5.04. The predicted molar refractivity (Wildman–Crippen MR) is 156 cm³/mol. The molecule has 1 aliphatic rings. The first kappa shape index (κ1) is 31.1. The Morgan fingerprint density at radius 2 is 1.86 bits per heavy atom. The summed E-state index contributed by atoms with van der Waals surface area (Å²) in [6, 6.07) is 1.88. The van der Waals surface area contributed by atoms with Crippen molar-refractivity contribution in [2.24, 2.45) is 5.92 Å². The molecule has 0 aromatic carbocycles. The highest BCUT2D eigenvalue weighted by Crippen LogP contribution is 2.32. The van der Waals surface area contributed by atoms with E-state index in [4.69, 9.17) is 4.74 Å². The average Bonchev–Trinajstić information content (AvgIpc) is 3.78. The molecular formula is C29H31F2N7O5S. The van der Waals surface area contributed by atoms with Gasteiger partial charge in [-0.05, 0) is 50.7 Å². The molecule has 1 saturated carbocycles. The van der Waals surface area contributed by atoms with E-state index in [0.29, 0.717) is 29.6 Å². The summed E-state index contributed by atoms with van der Waals surface area (Å²) in [5, 5.41) is 13.2. The van der Waals surface area contributed by atoms with Gasteiger partial charge in [-0.15, -0.1) is 11.3 Å². The number of nitrogens with zero attached hydrogens (tertiary/aromatic N) is 6. The van der Waals surface area contributed by atoms with Gasteiger partial charge in [0.2, 0.25) is 11.9 Å². The maximum atomic E-state index is 14.8. The number of esters is 1. The van der Waals surface area contributed by atoms with Crippen molar-refractivity contribution in [2.75, 3.05) is 19.0 Å². The van der Waals surface area contributed by atoms with Gasteiger partial charge in [0.25, 0.3) is 5.91 Å². The molecule has 1 N–H and O–H groups in total. The zero-order chi connectivity index (χ0) is 31.2. The minimum atomic E-state index is -0.879. The van der Waals surface area contributed by atoms with Gasteiger partial charge in [0, 0.05) is 42.9 Å². The second-order valence-electron chi connectivity index (χ2n) is 10.3. The van der Waals surface area contributed by atoms with Crippen LogP contribution in [0.2, 0.25) is 0 Å². The Hall–Kier alpha value is -4.37. The maximum Gasteiger partial charge on any atom is 0.306 e. The molecule has 12 nitrogen and oxygen atoms in total. The molecule has 232 valence electrons. The van der Waals surface area contributed by atoms with Crippen LogP contribution in [0.1, 0.15) is 60.7 Å². The fraction of sp³-hybridized carbons (Fsp3) is 0.414. The van der Waals surface area contributed by atoms with Crippen molar-refractivity contribution >= 4 is 34.8 Å². The van der Waals surface area contributed by atoms with Gasteiger partial charge in [0.1, 0.15) is 22.1 Å². The first-order valence-electron chi connectivity index (χ1n) is 14.2. The number of amides is 1. The number of halogens is 2. The molecule has 0 spiro atoms. The van der Waals surface area contributed by atoms with Crippen LogP contribution in [-0.2, 0) is 20.8 Å². The number of ether oxygens (including phenoxy) is 2. The number of aromatic nitrogens is 6. The molecule has 0 bridgehead atoms.